The number of ether oxygens (including phenoxy) is 1. The summed E-state index contributed by atoms with van der Waals surface area (Å²) in [5.74, 6) is 0.998. The zero-order valence-electron chi connectivity index (χ0n) is 16.0. The Kier molecular flexibility index (Phi) is 14.2. The van der Waals surface area contributed by atoms with E-state index in [2.05, 4.69) is 39.5 Å². The standard InChI is InChI=1S/C14H16OS.3C2H6/c1-5-16-14-11(4)8-15-13-7-10(3)9(2)6-12(13)14;3*1-2/h5-7H,1,8H2,2-4H3;3*1-2H3. The third-order valence-corrected chi connectivity index (χ3v) is 3.84. The fourth-order valence-corrected chi connectivity index (χ4v) is 2.53. The van der Waals surface area contributed by atoms with Crippen molar-refractivity contribution in [2.24, 2.45) is 0 Å². The van der Waals surface area contributed by atoms with E-state index in [1.54, 1.807) is 11.8 Å². The smallest absolute Gasteiger partial charge is 0.128 e. The van der Waals surface area contributed by atoms with Crippen LogP contribution in [-0.2, 0) is 0 Å². The molecule has 0 radical (unpaired) electrons. The van der Waals surface area contributed by atoms with E-state index in [0.717, 1.165) is 5.75 Å². The molecule has 0 aliphatic carbocycles. The van der Waals surface area contributed by atoms with E-state index in [4.69, 9.17) is 4.74 Å². The van der Waals surface area contributed by atoms with Crippen LogP contribution < -0.4 is 4.74 Å². The molecule has 0 spiro atoms. The molecule has 0 aromatic heterocycles. The summed E-state index contributed by atoms with van der Waals surface area (Å²) in [5, 5.41) is 1.88. The van der Waals surface area contributed by atoms with E-state index < -0.39 is 0 Å². The van der Waals surface area contributed by atoms with Crippen LogP contribution >= 0.6 is 11.8 Å². The summed E-state index contributed by atoms with van der Waals surface area (Å²) in [5.41, 5.74) is 5.07. The van der Waals surface area contributed by atoms with Gasteiger partial charge in [0.2, 0.25) is 0 Å². The number of rotatable bonds is 2. The Bertz CT molecular complexity index is 473. The molecule has 1 nitrogen and oxygen atoms in total. The van der Waals surface area contributed by atoms with Crippen molar-refractivity contribution in [2.75, 3.05) is 6.61 Å². The van der Waals surface area contributed by atoms with E-state index in [9.17, 15) is 0 Å². The first-order valence-electron chi connectivity index (χ1n) is 8.35. The van der Waals surface area contributed by atoms with Crippen LogP contribution in [0.2, 0.25) is 0 Å². The monoisotopic (exact) mass is 322 g/mol. The van der Waals surface area contributed by atoms with Gasteiger partial charge >= 0.3 is 0 Å². The van der Waals surface area contributed by atoms with Crippen LogP contribution in [0.4, 0.5) is 0 Å². The summed E-state index contributed by atoms with van der Waals surface area (Å²) in [4.78, 5) is 1.29. The van der Waals surface area contributed by atoms with Gasteiger partial charge in [-0.1, -0.05) is 59.9 Å². The Morgan fingerprint density at radius 1 is 0.955 bits per heavy atom. The molecule has 22 heavy (non-hydrogen) atoms. The van der Waals surface area contributed by atoms with E-state index >= 15 is 0 Å². The quantitative estimate of drug-likeness (QED) is 0.561. The highest BCUT2D eigenvalue weighted by atomic mass is 32.2. The first kappa shape index (κ1) is 23.1. The minimum atomic E-state index is 0.686. The van der Waals surface area contributed by atoms with Crippen LogP contribution in [0.1, 0.15) is 65.2 Å². The van der Waals surface area contributed by atoms with Crippen LogP contribution in [0.25, 0.3) is 4.91 Å². The highest BCUT2D eigenvalue weighted by molar-refractivity contribution is 8.10. The Morgan fingerprint density at radius 2 is 1.45 bits per heavy atom. The average Bonchev–Trinajstić information content (AvgIpc) is 2.58. The van der Waals surface area contributed by atoms with Crippen molar-refractivity contribution >= 4 is 16.7 Å². The van der Waals surface area contributed by atoms with Crippen molar-refractivity contribution in [3.8, 4) is 5.75 Å². The van der Waals surface area contributed by atoms with E-state index in [0.29, 0.717) is 6.61 Å². The molecule has 1 aliphatic rings. The molecule has 1 heterocycles. The van der Waals surface area contributed by atoms with Crippen molar-refractivity contribution < 1.29 is 4.74 Å². The van der Waals surface area contributed by atoms with Gasteiger partial charge in [0.1, 0.15) is 12.4 Å². The lowest BCUT2D eigenvalue weighted by molar-refractivity contribution is 0.346. The summed E-state index contributed by atoms with van der Waals surface area (Å²) in [6.07, 6.45) is 0. The molecule has 2 rings (SSSR count). The van der Waals surface area contributed by atoms with Crippen LogP contribution in [0.3, 0.4) is 0 Å². The van der Waals surface area contributed by atoms with Crippen LogP contribution in [-0.4, -0.2) is 6.61 Å². The molecule has 1 aromatic carbocycles. The number of thioether (sulfide) groups is 1. The van der Waals surface area contributed by atoms with Gasteiger partial charge in [-0.05, 0) is 55.0 Å². The predicted molar refractivity (Wildman–Crippen MR) is 106 cm³/mol. The Morgan fingerprint density at radius 3 is 1.95 bits per heavy atom. The number of aryl methyl sites for hydroxylation is 2. The van der Waals surface area contributed by atoms with Gasteiger partial charge in [-0.2, -0.15) is 0 Å². The molecule has 1 aliphatic heterocycles. The highest BCUT2D eigenvalue weighted by Gasteiger charge is 2.18. The Labute approximate surface area is 142 Å². The number of hydrogen-bond acceptors (Lipinski definition) is 2. The van der Waals surface area contributed by atoms with Gasteiger partial charge in [-0.3, -0.25) is 0 Å². The van der Waals surface area contributed by atoms with Gasteiger partial charge in [0.15, 0.2) is 0 Å². The zero-order valence-corrected chi connectivity index (χ0v) is 16.8. The van der Waals surface area contributed by atoms with Crippen molar-refractivity contribution in [1.29, 1.82) is 0 Å². The molecule has 0 bridgehead atoms. The largest absolute Gasteiger partial charge is 0.489 e. The molecule has 0 unspecified atom stereocenters. The highest BCUT2D eigenvalue weighted by Crippen LogP contribution is 2.41. The molecule has 0 saturated heterocycles. The molecular formula is C20H34OS. The van der Waals surface area contributed by atoms with Crippen LogP contribution in [0, 0.1) is 13.8 Å². The second kappa shape index (κ2) is 13.5. The Hall–Kier alpha value is -1.15. The number of benzene rings is 1. The number of fused-ring (bicyclic) bond motifs is 1. The summed E-state index contributed by atoms with van der Waals surface area (Å²) in [6, 6.07) is 4.33. The zero-order chi connectivity index (χ0) is 17.7. The first-order valence-corrected chi connectivity index (χ1v) is 9.23. The van der Waals surface area contributed by atoms with Crippen molar-refractivity contribution in [2.45, 2.75) is 62.3 Å². The number of hydrogen-bond donors (Lipinski definition) is 0. The summed E-state index contributed by atoms with van der Waals surface area (Å²) >= 11 is 1.68. The van der Waals surface area contributed by atoms with E-state index in [-0.39, 0.29) is 0 Å². The summed E-state index contributed by atoms with van der Waals surface area (Å²) in [6.45, 7) is 22.8. The molecule has 0 atom stereocenters. The second-order valence-corrected chi connectivity index (χ2v) is 5.09. The third kappa shape index (κ3) is 6.31. The summed E-state index contributed by atoms with van der Waals surface area (Å²) in [7, 11) is 0. The lowest BCUT2D eigenvalue weighted by atomic mass is 10.0. The molecule has 2 heteroatoms. The maximum atomic E-state index is 5.74. The molecule has 1 aromatic rings. The lowest BCUT2D eigenvalue weighted by Gasteiger charge is -2.22. The van der Waals surface area contributed by atoms with Gasteiger partial charge in [0.05, 0.1) is 0 Å². The lowest BCUT2D eigenvalue weighted by Crippen LogP contribution is -2.08. The summed E-state index contributed by atoms with van der Waals surface area (Å²) < 4.78 is 5.74. The van der Waals surface area contributed by atoms with Crippen LogP contribution in [0.5, 0.6) is 5.75 Å². The fraction of sp³-hybridized carbons (Fsp3) is 0.500. The average molecular weight is 323 g/mol. The second-order valence-electron chi connectivity index (χ2n) is 4.12. The fourth-order valence-electron chi connectivity index (χ4n) is 1.82. The van der Waals surface area contributed by atoms with Gasteiger partial charge in [0.25, 0.3) is 0 Å². The maximum Gasteiger partial charge on any atom is 0.128 e. The van der Waals surface area contributed by atoms with Gasteiger partial charge in [-0.15, -0.1) is 0 Å². The van der Waals surface area contributed by atoms with E-state index in [1.165, 1.54) is 27.2 Å². The normalized spacial score (nSPS) is 11.3. The van der Waals surface area contributed by atoms with Crippen LogP contribution in [0.15, 0.2) is 29.7 Å². The van der Waals surface area contributed by atoms with Gasteiger partial charge in [0, 0.05) is 10.5 Å². The SMILES string of the molecule is C=CSC1=C(C)COc2cc(C)c(C)cc21.CC.CC.CC. The van der Waals surface area contributed by atoms with Gasteiger partial charge < -0.3 is 4.74 Å². The van der Waals surface area contributed by atoms with E-state index in [1.807, 2.05) is 47.0 Å². The molecule has 126 valence electrons. The first-order chi connectivity index (χ1) is 10.6. The third-order valence-electron chi connectivity index (χ3n) is 2.87. The van der Waals surface area contributed by atoms with Crippen molar-refractivity contribution in [3.63, 3.8) is 0 Å². The predicted octanol–water partition coefficient (Wildman–Crippen LogP) is 7.38. The van der Waals surface area contributed by atoms with Crippen molar-refractivity contribution in [3.05, 3.63) is 46.4 Å². The minimum absolute atomic E-state index is 0.686. The molecule has 0 saturated carbocycles. The van der Waals surface area contributed by atoms with Gasteiger partial charge in [-0.25, -0.2) is 0 Å². The maximum absolute atomic E-state index is 5.74. The van der Waals surface area contributed by atoms with Crippen molar-refractivity contribution in [1.82, 2.24) is 0 Å². The molecule has 0 fully saturated rings. The Balaban J connectivity index is 0. The minimum Gasteiger partial charge on any atom is -0.489 e. The topological polar surface area (TPSA) is 9.23 Å². The molecule has 0 N–H and O–H groups in total. The molecule has 0 amide bonds. The molecular weight excluding hydrogens is 288 g/mol.